The summed E-state index contributed by atoms with van der Waals surface area (Å²) in [6, 6.07) is 17.8. The van der Waals surface area contributed by atoms with Crippen molar-refractivity contribution in [2.24, 2.45) is 0 Å². The first-order valence-corrected chi connectivity index (χ1v) is 9.95. The van der Waals surface area contributed by atoms with E-state index in [1.807, 2.05) is 29.6 Å². The van der Waals surface area contributed by atoms with Crippen LogP contribution in [0.4, 0.5) is 13.2 Å². The van der Waals surface area contributed by atoms with Crippen molar-refractivity contribution >= 4 is 18.0 Å². The Bertz CT molecular complexity index is 1200. The molecule has 1 amide bonds. The predicted molar refractivity (Wildman–Crippen MR) is 118 cm³/mol. The lowest BCUT2D eigenvalue weighted by Gasteiger charge is -2.13. The second-order valence-electron chi connectivity index (χ2n) is 7.07. The first-order valence-electron chi connectivity index (χ1n) is 9.95. The Morgan fingerprint density at radius 2 is 1.68 bits per heavy atom. The quantitative estimate of drug-likeness (QED) is 0.444. The van der Waals surface area contributed by atoms with Crippen LogP contribution in [0.1, 0.15) is 27.0 Å². The highest BCUT2D eigenvalue weighted by atomic mass is 19.4. The van der Waals surface area contributed by atoms with Crippen LogP contribution < -0.4 is 14.8 Å². The monoisotopic (exact) mass is 471 g/mol. The van der Waals surface area contributed by atoms with Gasteiger partial charge in [-0.2, -0.15) is 13.2 Å². The van der Waals surface area contributed by atoms with Crippen LogP contribution in [0, 0.1) is 0 Å². The second-order valence-corrected chi connectivity index (χ2v) is 7.07. The number of halogens is 3. The average molecular weight is 471 g/mol. The number of benzene rings is 3. The van der Waals surface area contributed by atoms with Crippen LogP contribution in [0.3, 0.4) is 0 Å². The number of aliphatic carboxylic acids is 1. The number of hydrogen-bond donors (Lipinski definition) is 2. The number of carbonyl (C=O) groups excluding carboxylic acids is 1. The van der Waals surface area contributed by atoms with Crippen LogP contribution >= 0.6 is 0 Å². The van der Waals surface area contributed by atoms with E-state index in [1.165, 1.54) is 6.07 Å². The number of carboxylic acid groups (broad SMARTS) is 1. The molecule has 3 aromatic carbocycles. The minimum absolute atomic E-state index is 0.279. The molecule has 0 unspecified atom stereocenters. The highest BCUT2D eigenvalue weighted by Gasteiger charge is 2.35. The lowest BCUT2D eigenvalue weighted by molar-refractivity contribution is -0.138. The van der Waals surface area contributed by atoms with Crippen molar-refractivity contribution in [2.45, 2.75) is 12.8 Å². The van der Waals surface area contributed by atoms with Gasteiger partial charge < -0.3 is 19.9 Å². The summed E-state index contributed by atoms with van der Waals surface area (Å²) in [7, 11) is 1.56. The van der Waals surface area contributed by atoms with Crippen LogP contribution in [0.2, 0.25) is 0 Å². The van der Waals surface area contributed by atoms with Crippen molar-refractivity contribution in [3.05, 3.63) is 101 Å². The predicted octanol–water partition coefficient (Wildman–Crippen LogP) is 5.15. The smallest absolute Gasteiger partial charge is 0.417 e. The van der Waals surface area contributed by atoms with Crippen molar-refractivity contribution < 1.29 is 37.3 Å². The summed E-state index contributed by atoms with van der Waals surface area (Å²) in [4.78, 5) is 24.0. The van der Waals surface area contributed by atoms with Gasteiger partial charge in [0.2, 0.25) is 0 Å². The van der Waals surface area contributed by atoms with Gasteiger partial charge in [0.15, 0.2) is 0 Å². The Labute approximate surface area is 193 Å². The number of carboxylic acids is 1. The third-order valence-electron chi connectivity index (χ3n) is 4.69. The van der Waals surface area contributed by atoms with Crippen LogP contribution in [0.15, 0.2) is 78.5 Å². The molecule has 0 aromatic heterocycles. The molecule has 0 spiro atoms. The third kappa shape index (κ3) is 6.38. The number of nitrogens with one attached hydrogen (secondary N) is 1. The molecule has 0 atom stereocenters. The molecule has 0 saturated carbocycles. The lowest BCUT2D eigenvalue weighted by Crippen LogP contribution is -2.29. The van der Waals surface area contributed by atoms with Crippen molar-refractivity contribution in [3.8, 4) is 11.5 Å². The summed E-state index contributed by atoms with van der Waals surface area (Å²) in [6.45, 7) is 0.279. The zero-order valence-electron chi connectivity index (χ0n) is 17.9. The third-order valence-corrected chi connectivity index (χ3v) is 4.69. The van der Waals surface area contributed by atoms with Crippen molar-refractivity contribution in [1.82, 2.24) is 5.32 Å². The van der Waals surface area contributed by atoms with Gasteiger partial charge in [-0.1, -0.05) is 36.4 Å². The number of rotatable bonds is 8. The summed E-state index contributed by atoms with van der Waals surface area (Å²) in [5.41, 5.74) is -1.13. The number of ether oxygens (including phenoxy) is 2. The van der Waals surface area contributed by atoms with Gasteiger partial charge in [0, 0.05) is 0 Å². The highest BCUT2D eigenvalue weighted by molar-refractivity contribution is 6.03. The molecule has 0 radical (unpaired) electrons. The van der Waals surface area contributed by atoms with Gasteiger partial charge in [-0.05, 0) is 53.6 Å². The fourth-order valence-corrected chi connectivity index (χ4v) is 3.03. The highest BCUT2D eigenvalue weighted by Crippen LogP contribution is 2.32. The molecule has 3 aromatic rings. The summed E-state index contributed by atoms with van der Waals surface area (Å²) in [6.07, 6.45) is -3.62. The molecule has 2 N–H and O–H groups in total. The largest absolute Gasteiger partial charge is 0.497 e. The van der Waals surface area contributed by atoms with Gasteiger partial charge in [-0.25, -0.2) is 4.79 Å². The molecule has 176 valence electrons. The van der Waals surface area contributed by atoms with Gasteiger partial charge in [0.1, 0.15) is 23.8 Å². The second kappa shape index (κ2) is 10.6. The van der Waals surface area contributed by atoms with Crippen molar-refractivity contribution in [2.75, 3.05) is 7.11 Å². The zero-order valence-corrected chi connectivity index (χ0v) is 17.9. The Morgan fingerprint density at radius 1 is 0.971 bits per heavy atom. The molecule has 0 aliphatic heterocycles. The van der Waals surface area contributed by atoms with E-state index in [0.29, 0.717) is 17.1 Å². The molecular weight excluding hydrogens is 451 g/mol. The summed E-state index contributed by atoms with van der Waals surface area (Å²) < 4.78 is 50.4. The molecule has 0 aliphatic rings. The molecule has 3 rings (SSSR count). The fourth-order valence-electron chi connectivity index (χ4n) is 3.03. The summed E-state index contributed by atoms with van der Waals surface area (Å²) in [5.74, 6) is -1.47. The number of alkyl halides is 3. The molecule has 0 aliphatic carbocycles. The first-order chi connectivity index (χ1) is 16.2. The molecule has 0 bridgehead atoms. The molecular formula is C25H20F3NO5. The lowest BCUT2D eigenvalue weighted by atomic mass is 10.1. The Hall–Kier alpha value is -4.27. The standard InChI is InChI=1S/C25H20F3NO5/c1-33-19-6-4-5-17(13-19)15-34-18-11-9-16(10-12-18)14-22(24(31)32)29-23(30)20-7-2-3-8-21(20)25(26,27)28/h2-14H,15H2,1H3,(H,29,30)(H,31,32)/b22-14+. The average Bonchev–Trinajstić information content (AvgIpc) is 2.82. The van der Waals surface area contributed by atoms with Crippen molar-refractivity contribution in [1.29, 1.82) is 0 Å². The maximum Gasteiger partial charge on any atom is 0.417 e. The number of amides is 1. The maximum absolute atomic E-state index is 13.2. The van der Waals surface area contributed by atoms with E-state index >= 15 is 0 Å². The van der Waals surface area contributed by atoms with E-state index in [0.717, 1.165) is 29.8 Å². The Balaban J connectivity index is 1.72. The molecule has 0 fully saturated rings. The topological polar surface area (TPSA) is 84.9 Å². The number of methoxy groups -OCH3 is 1. The van der Waals surface area contributed by atoms with Gasteiger partial charge in [-0.15, -0.1) is 0 Å². The Kier molecular flexibility index (Phi) is 7.57. The Morgan fingerprint density at radius 3 is 2.32 bits per heavy atom. The van der Waals surface area contributed by atoms with E-state index in [-0.39, 0.29) is 6.61 Å². The molecule has 34 heavy (non-hydrogen) atoms. The van der Waals surface area contributed by atoms with Crippen molar-refractivity contribution in [3.63, 3.8) is 0 Å². The zero-order chi connectivity index (χ0) is 24.7. The van der Waals surface area contributed by atoms with Gasteiger partial charge in [0.05, 0.1) is 18.2 Å². The van der Waals surface area contributed by atoms with Crippen LogP contribution in [-0.2, 0) is 17.6 Å². The van der Waals surface area contributed by atoms with Gasteiger partial charge in [-0.3, -0.25) is 4.79 Å². The van der Waals surface area contributed by atoms with Crippen LogP contribution in [-0.4, -0.2) is 24.1 Å². The summed E-state index contributed by atoms with van der Waals surface area (Å²) >= 11 is 0. The van der Waals surface area contributed by atoms with Gasteiger partial charge >= 0.3 is 12.1 Å². The molecule has 0 heterocycles. The van der Waals surface area contributed by atoms with E-state index in [4.69, 9.17) is 9.47 Å². The minimum atomic E-state index is -4.76. The van der Waals surface area contributed by atoms with E-state index < -0.39 is 34.9 Å². The van der Waals surface area contributed by atoms with E-state index in [9.17, 15) is 27.9 Å². The first kappa shape index (κ1) is 24.4. The molecule has 6 nitrogen and oxygen atoms in total. The van der Waals surface area contributed by atoms with Crippen LogP contribution in [0.5, 0.6) is 11.5 Å². The number of carbonyl (C=O) groups is 2. The molecule has 0 saturated heterocycles. The summed E-state index contributed by atoms with van der Waals surface area (Å²) in [5, 5.41) is 11.5. The number of hydrogen-bond acceptors (Lipinski definition) is 4. The normalized spacial score (nSPS) is 11.6. The fraction of sp³-hybridized carbons (Fsp3) is 0.120. The van der Waals surface area contributed by atoms with E-state index in [1.54, 1.807) is 31.4 Å². The SMILES string of the molecule is COc1cccc(COc2ccc(/C=C(/NC(=O)c3ccccc3C(F)(F)F)C(=O)O)cc2)c1. The maximum atomic E-state index is 13.2. The van der Waals surface area contributed by atoms with E-state index in [2.05, 4.69) is 0 Å². The van der Waals surface area contributed by atoms with Gasteiger partial charge in [0.25, 0.3) is 5.91 Å². The minimum Gasteiger partial charge on any atom is -0.497 e. The molecule has 9 heteroatoms. The van der Waals surface area contributed by atoms with Crippen LogP contribution in [0.25, 0.3) is 6.08 Å².